The van der Waals surface area contributed by atoms with E-state index in [9.17, 15) is 0 Å². The van der Waals surface area contributed by atoms with Crippen molar-refractivity contribution in [2.75, 3.05) is 18.1 Å². The van der Waals surface area contributed by atoms with Crippen LogP contribution in [0.5, 0.6) is 0 Å². The van der Waals surface area contributed by atoms with Crippen LogP contribution in [0, 0.1) is 0 Å². The van der Waals surface area contributed by atoms with Gasteiger partial charge in [0.2, 0.25) is 0 Å². The zero-order valence-electron chi connectivity index (χ0n) is 8.06. The number of nitrogen functional groups attached to an aromatic ring is 1. The normalized spacial score (nSPS) is 11.3. The third-order valence-electron chi connectivity index (χ3n) is 2.30. The number of hydrogen-bond donors (Lipinski definition) is 2. The summed E-state index contributed by atoms with van der Waals surface area (Å²) in [5, 5.41) is 5.02. The number of imidazole rings is 1. The van der Waals surface area contributed by atoms with Crippen molar-refractivity contribution in [1.82, 2.24) is 14.4 Å². The zero-order chi connectivity index (χ0) is 10.4. The van der Waals surface area contributed by atoms with Gasteiger partial charge in [0.1, 0.15) is 16.2 Å². The number of nitrogens with two attached hydrogens (primary N) is 1. The molecule has 0 fully saturated rings. The molecule has 0 spiro atoms. The highest BCUT2D eigenvalue weighted by molar-refractivity contribution is 7.16. The van der Waals surface area contributed by atoms with Crippen LogP contribution in [-0.4, -0.2) is 21.4 Å². The predicted octanol–water partition coefficient (Wildman–Crippen LogP) is 1.57. The van der Waals surface area contributed by atoms with Gasteiger partial charge in [-0.15, -0.1) is 11.3 Å². The molecule has 0 saturated heterocycles. The summed E-state index contributed by atoms with van der Waals surface area (Å²) in [7, 11) is 1.82. The monoisotopic (exact) mass is 219 g/mol. The standard InChI is InChI=1S/C9H9N5S/c1-11-7-8-12-4-6(10)14(8)9-5(13-7)2-3-15-9/h2-4H,10H2,1H3,(H,11,13). The molecule has 15 heavy (non-hydrogen) atoms. The van der Waals surface area contributed by atoms with E-state index < -0.39 is 0 Å². The van der Waals surface area contributed by atoms with E-state index in [4.69, 9.17) is 5.73 Å². The van der Waals surface area contributed by atoms with Crippen LogP contribution in [0.3, 0.4) is 0 Å². The maximum Gasteiger partial charge on any atom is 0.182 e. The quantitative estimate of drug-likeness (QED) is 0.652. The molecule has 0 radical (unpaired) electrons. The van der Waals surface area contributed by atoms with Crippen molar-refractivity contribution in [3.63, 3.8) is 0 Å². The Morgan fingerprint density at radius 1 is 1.53 bits per heavy atom. The van der Waals surface area contributed by atoms with Gasteiger partial charge in [-0.1, -0.05) is 0 Å². The van der Waals surface area contributed by atoms with E-state index in [0.29, 0.717) is 5.82 Å². The van der Waals surface area contributed by atoms with Crippen molar-refractivity contribution in [3.8, 4) is 0 Å². The minimum absolute atomic E-state index is 0.636. The third kappa shape index (κ3) is 1.02. The van der Waals surface area contributed by atoms with Crippen LogP contribution in [0.2, 0.25) is 0 Å². The number of hydrogen-bond acceptors (Lipinski definition) is 5. The zero-order valence-corrected chi connectivity index (χ0v) is 8.88. The lowest BCUT2D eigenvalue weighted by Crippen LogP contribution is -1.99. The van der Waals surface area contributed by atoms with Gasteiger partial charge >= 0.3 is 0 Å². The third-order valence-corrected chi connectivity index (χ3v) is 3.18. The average Bonchev–Trinajstić information content (AvgIpc) is 2.83. The maximum atomic E-state index is 5.88. The molecule has 3 N–H and O–H groups in total. The molecule has 0 aliphatic rings. The van der Waals surface area contributed by atoms with Crippen LogP contribution in [-0.2, 0) is 0 Å². The van der Waals surface area contributed by atoms with Gasteiger partial charge < -0.3 is 11.1 Å². The minimum Gasteiger partial charge on any atom is -0.383 e. The minimum atomic E-state index is 0.636. The summed E-state index contributed by atoms with van der Waals surface area (Å²) in [6, 6.07) is 1.97. The van der Waals surface area contributed by atoms with E-state index in [1.165, 1.54) is 0 Å². The number of rotatable bonds is 1. The van der Waals surface area contributed by atoms with Crippen molar-refractivity contribution in [1.29, 1.82) is 0 Å². The van der Waals surface area contributed by atoms with E-state index in [0.717, 1.165) is 21.8 Å². The Hall–Kier alpha value is -1.82. The number of aromatic nitrogens is 3. The van der Waals surface area contributed by atoms with E-state index in [1.807, 2.05) is 22.9 Å². The molecule has 6 heteroatoms. The summed E-state index contributed by atoms with van der Waals surface area (Å²) in [4.78, 5) is 9.72. The number of fused-ring (bicyclic) bond motifs is 3. The van der Waals surface area contributed by atoms with Gasteiger partial charge in [0.05, 0.1) is 6.20 Å². The Morgan fingerprint density at radius 2 is 2.40 bits per heavy atom. The highest BCUT2D eigenvalue weighted by atomic mass is 32.1. The highest BCUT2D eigenvalue weighted by Crippen LogP contribution is 2.26. The van der Waals surface area contributed by atoms with Crippen LogP contribution in [0.4, 0.5) is 11.6 Å². The highest BCUT2D eigenvalue weighted by Gasteiger charge is 2.11. The van der Waals surface area contributed by atoms with Gasteiger partial charge in [0, 0.05) is 7.05 Å². The van der Waals surface area contributed by atoms with Crippen LogP contribution in [0.1, 0.15) is 0 Å². The lowest BCUT2D eigenvalue weighted by molar-refractivity contribution is 1.22. The van der Waals surface area contributed by atoms with Gasteiger partial charge in [-0.25, -0.2) is 9.97 Å². The first-order chi connectivity index (χ1) is 7.31. The Bertz CT molecular complexity index is 638. The summed E-state index contributed by atoms with van der Waals surface area (Å²) < 4.78 is 1.92. The van der Waals surface area contributed by atoms with Gasteiger partial charge in [-0.05, 0) is 11.4 Å². The average molecular weight is 219 g/mol. The van der Waals surface area contributed by atoms with Gasteiger partial charge in [0.25, 0.3) is 0 Å². The molecule has 0 aromatic carbocycles. The van der Waals surface area contributed by atoms with Gasteiger partial charge in [0.15, 0.2) is 11.5 Å². The van der Waals surface area contributed by atoms with Crippen molar-refractivity contribution in [2.24, 2.45) is 0 Å². The first kappa shape index (κ1) is 8.49. The van der Waals surface area contributed by atoms with Crippen LogP contribution >= 0.6 is 11.3 Å². The number of anilines is 2. The molecule has 0 aliphatic heterocycles. The van der Waals surface area contributed by atoms with Crippen molar-refractivity contribution in [2.45, 2.75) is 0 Å². The smallest absolute Gasteiger partial charge is 0.182 e. The van der Waals surface area contributed by atoms with E-state index in [-0.39, 0.29) is 0 Å². The lowest BCUT2D eigenvalue weighted by Gasteiger charge is -2.03. The Labute approximate surface area is 89.6 Å². The van der Waals surface area contributed by atoms with Crippen LogP contribution in [0.15, 0.2) is 17.6 Å². The molecule has 3 heterocycles. The first-order valence-electron chi connectivity index (χ1n) is 4.49. The molecule has 0 unspecified atom stereocenters. The van der Waals surface area contributed by atoms with Crippen molar-refractivity contribution in [3.05, 3.63) is 17.6 Å². The molecule has 0 saturated carbocycles. The molecule has 3 aromatic rings. The second kappa shape index (κ2) is 2.83. The molecule has 3 rings (SSSR count). The largest absolute Gasteiger partial charge is 0.383 e. The van der Waals surface area contributed by atoms with Crippen molar-refractivity contribution >= 4 is 39.0 Å². The molecular formula is C9H9N5S. The molecular weight excluding hydrogens is 210 g/mol. The predicted molar refractivity (Wildman–Crippen MR) is 62.3 cm³/mol. The molecule has 3 aromatic heterocycles. The molecule has 0 aliphatic carbocycles. The van der Waals surface area contributed by atoms with Gasteiger partial charge in [-0.2, -0.15) is 0 Å². The molecule has 0 bridgehead atoms. The van der Waals surface area contributed by atoms with Crippen LogP contribution in [0.25, 0.3) is 16.0 Å². The second-order valence-electron chi connectivity index (χ2n) is 3.16. The Morgan fingerprint density at radius 3 is 3.20 bits per heavy atom. The van der Waals surface area contributed by atoms with Gasteiger partial charge in [-0.3, -0.25) is 4.40 Å². The van der Waals surface area contributed by atoms with E-state index >= 15 is 0 Å². The van der Waals surface area contributed by atoms with E-state index in [1.54, 1.807) is 17.5 Å². The fraction of sp³-hybridized carbons (Fsp3) is 0.111. The summed E-state index contributed by atoms with van der Waals surface area (Å²) in [6.07, 6.45) is 1.65. The molecule has 5 nitrogen and oxygen atoms in total. The number of nitrogens with one attached hydrogen (secondary N) is 1. The Kier molecular flexibility index (Phi) is 1.60. The lowest BCUT2D eigenvalue weighted by atomic mass is 10.5. The first-order valence-corrected chi connectivity index (χ1v) is 5.37. The van der Waals surface area contributed by atoms with E-state index in [2.05, 4.69) is 15.3 Å². The molecule has 76 valence electrons. The second-order valence-corrected chi connectivity index (χ2v) is 4.06. The fourth-order valence-corrected chi connectivity index (χ4v) is 2.49. The SMILES string of the molecule is CNc1nc2ccsc2n2c(N)cnc12. The molecule has 0 atom stereocenters. The summed E-state index contributed by atoms with van der Waals surface area (Å²) in [6.45, 7) is 0. The van der Waals surface area contributed by atoms with Crippen LogP contribution < -0.4 is 11.1 Å². The molecule has 0 amide bonds. The number of nitrogens with zero attached hydrogens (tertiary/aromatic N) is 3. The summed E-state index contributed by atoms with van der Waals surface area (Å²) in [5.74, 6) is 1.38. The topological polar surface area (TPSA) is 68.2 Å². The summed E-state index contributed by atoms with van der Waals surface area (Å²) in [5.41, 5.74) is 7.58. The maximum absolute atomic E-state index is 5.88. The Balaban J connectivity index is 2.61. The number of thiophene rings is 1. The van der Waals surface area contributed by atoms with Crippen molar-refractivity contribution < 1.29 is 0 Å². The summed E-state index contributed by atoms with van der Waals surface area (Å²) >= 11 is 1.61. The fourth-order valence-electron chi connectivity index (χ4n) is 1.63.